The highest BCUT2D eigenvalue weighted by Crippen LogP contribution is 2.42. The molecule has 1 amide bonds. The number of fused-ring (bicyclic) bond motifs is 2. The number of nitrogens with two attached hydrogens (primary N) is 1. The van der Waals surface area contributed by atoms with Crippen LogP contribution in [0.2, 0.25) is 0 Å². The van der Waals surface area contributed by atoms with Crippen molar-refractivity contribution in [1.82, 2.24) is 4.90 Å². The molecule has 0 aromatic rings. The highest BCUT2D eigenvalue weighted by atomic mass is 16.5. The normalized spacial score (nSPS) is 30.7. The molecule has 0 radical (unpaired) electrons. The predicted molar refractivity (Wildman–Crippen MR) is 82.0 cm³/mol. The summed E-state index contributed by atoms with van der Waals surface area (Å²) in [6.45, 7) is 0.834. The molecule has 2 N–H and O–H groups in total. The smallest absolute Gasteiger partial charge is 0.325 e. The minimum absolute atomic E-state index is 0.00339. The number of hydrogen-bond donors (Lipinski definition) is 1. The quantitative estimate of drug-likeness (QED) is 0.733. The first-order chi connectivity index (χ1) is 10.6. The molecule has 2 rings (SSSR count). The van der Waals surface area contributed by atoms with Gasteiger partial charge in [0.15, 0.2) is 0 Å². The first kappa shape index (κ1) is 17.2. The summed E-state index contributed by atoms with van der Waals surface area (Å²) in [5.74, 6) is 0.535. The van der Waals surface area contributed by atoms with Gasteiger partial charge in [-0.2, -0.15) is 0 Å². The SMILES string of the molecule is COCCN(CC(=O)OC)C(=O)C1CC2CCCC(C1)C2N. The van der Waals surface area contributed by atoms with Crippen LogP contribution in [0.3, 0.4) is 0 Å². The van der Waals surface area contributed by atoms with E-state index in [1.165, 1.54) is 13.5 Å². The molecule has 2 fully saturated rings. The summed E-state index contributed by atoms with van der Waals surface area (Å²) >= 11 is 0. The Bertz CT molecular complexity index is 388. The first-order valence-corrected chi connectivity index (χ1v) is 8.17. The van der Waals surface area contributed by atoms with E-state index in [4.69, 9.17) is 15.2 Å². The van der Waals surface area contributed by atoms with Crippen LogP contribution in [0.4, 0.5) is 0 Å². The zero-order valence-corrected chi connectivity index (χ0v) is 13.6. The lowest BCUT2D eigenvalue weighted by molar-refractivity contribution is -0.150. The fourth-order valence-electron chi connectivity index (χ4n) is 3.94. The van der Waals surface area contributed by atoms with Crippen LogP contribution in [-0.2, 0) is 19.1 Å². The van der Waals surface area contributed by atoms with E-state index in [9.17, 15) is 9.59 Å². The predicted octanol–water partition coefficient (Wildman–Crippen LogP) is 0.788. The van der Waals surface area contributed by atoms with Crippen LogP contribution < -0.4 is 5.73 Å². The van der Waals surface area contributed by atoms with Crippen LogP contribution in [0.1, 0.15) is 32.1 Å². The van der Waals surface area contributed by atoms with Crippen molar-refractivity contribution in [3.05, 3.63) is 0 Å². The van der Waals surface area contributed by atoms with E-state index in [1.54, 1.807) is 12.0 Å². The molecule has 2 aliphatic carbocycles. The van der Waals surface area contributed by atoms with Crippen molar-refractivity contribution in [1.29, 1.82) is 0 Å². The number of esters is 1. The number of carbonyl (C=O) groups is 2. The Labute approximate surface area is 132 Å². The summed E-state index contributed by atoms with van der Waals surface area (Å²) in [7, 11) is 2.93. The van der Waals surface area contributed by atoms with Crippen LogP contribution in [0.5, 0.6) is 0 Å². The van der Waals surface area contributed by atoms with Crippen molar-refractivity contribution in [2.45, 2.75) is 38.1 Å². The zero-order valence-electron chi connectivity index (χ0n) is 13.6. The summed E-state index contributed by atoms with van der Waals surface area (Å²) in [6.07, 6.45) is 5.16. The maximum atomic E-state index is 12.8. The lowest BCUT2D eigenvalue weighted by atomic mass is 9.65. The van der Waals surface area contributed by atoms with Crippen LogP contribution >= 0.6 is 0 Å². The molecule has 2 unspecified atom stereocenters. The number of hydrogen-bond acceptors (Lipinski definition) is 5. The molecule has 2 aliphatic rings. The molecule has 0 aromatic heterocycles. The highest BCUT2D eigenvalue weighted by molar-refractivity contribution is 5.83. The second-order valence-electron chi connectivity index (χ2n) is 6.53. The molecule has 22 heavy (non-hydrogen) atoms. The van der Waals surface area contributed by atoms with E-state index in [0.717, 1.165) is 25.7 Å². The van der Waals surface area contributed by atoms with Crippen LogP contribution in [0.15, 0.2) is 0 Å². The van der Waals surface area contributed by atoms with Crippen LogP contribution in [-0.4, -0.2) is 56.7 Å². The number of nitrogens with zero attached hydrogens (tertiary/aromatic N) is 1. The number of amides is 1. The van der Waals surface area contributed by atoms with Gasteiger partial charge in [-0.25, -0.2) is 0 Å². The third-order valence-electron chi connectivity index (χ3n) is 5.19. The molecule has 2 atom stereocenters. The Kier molecular flexibility index (Phi) is 6.20. The molecule has 2 bridgehead atoms. The number of ether oxygens (including phenoxy) is 2. The molecule has 6 heteroatoms. The van der Waals surface area contributed by atoms with E-state index >= 15 is 0 Å². The van der Waals surface area contributed by atoms with Gasteiger partial charge in [0.1, 0.15) is 6.54 Å². The molecular weight excluding hydrogens is 284 g/mol. The molecular formula is C16H28N2O4. The Morgan fingerprint density at radius 3 is 2.36 bits per heavy atom. The molecule has 0 saturated heterocycles. The van der Waals surface area contributed by atoms with Crippen molar-refractivity contribution in [3.63, 3.8) is 0 Å². The number of carbonyl (C=O) groups excluding carboxylic acids is 2. The Hall–Kier alpha value is -1.14. The van der Waals surface area contributed by atoms with Gasteiger partial charge in [0.05, 0.1) is 13.7 Å². The lowest BCUT2D eigenvalue weighted by Gasteiger charge is -2.44. The zero-order chi connectivity index (χ0) is 16.1. The molecule has 2 saturated carbocycles. The van der Waals surface area contributed by atoms with E-state index < -0.39 is 5.97 Å². The van der Waals surface area contributed by atoms with Crippen LogP contribution in [0.25, 0.3) is 0 Å². The molecule has 0 aromatic carbocycles. The molecule has 0 heterocycles. The maximum absolute atomic E-state index is 12.8. The second kappa shape index (κ2) is 7.92. The van der Waals surface area contributed by atoms with Gasteiger partial charge in [-0.1, -0.05) is 6.42 Å². The van der Waals surface area contributed by atoms with Crippen molar-refractivity contribution < 1.29 is 19.1 Å². The van der Waals surface area contributed by atoms with Crippen molar-refractivity contribution >= 4 is 11.9 Å². The van der Waals surface area contributed by atoms with Crippen molar-refractivity contribution in [3.8, 4) is 0 Å². The van der Waals surface area contributed by atoms with Gasteiger partial charge in [0.2, 0.25) is 5.91 Å². The summed E-state index contributed by atoms with van der Waals surface area (Å²) in [5, 5.41) is 0. The summed E-state index contributed by atoms with van der Waals surface area (Å²) < 4.78 is 9.75. The molecule has 0 spiro atoms. The van der Waals surface area contributed by atoms with Gasteiger partial charge in [-0.05, 0) is 37.5 Å². The number of rotatable bonds is 6. The monoisotopic (exact) mass is 312 g/mol. The Morgan fingerprint density at radius 2 is 1.82 bits per heavy atom. The van der Waals surface area contributed by atoms with E-state index in [2.05, 4.69) is 0 Å². The molecule has 126 valence electrons. The van der Waals surface area contributed by atoms with Gasteiger partial charge in [-0.3, -0.25) is 9.59 Å². The third kappa shape index (κ3) is 3.98. The minimum atomic E-state index is -0.392. The minimum Gasteiger partial charge on any atom is -0.468 e. The topological polar surface area (TPSA) is 81.9 Å². The highest BCUT2D eigenvalue weighted by Gasteiger charge is 2.41. The van der Waals surface area contributed by atoms with Gasteiger partial charge in [0.25, 0.3) is 0 Å². The summed E-state index contributed by atoms with van der Waals surface area (Å²) in [4.78, 5) is 25.9. The maximum Gasteiger partial charge on any atom is 0.325 e. The van der Waals surface area contributed by atoms with Crippen molar-refractivity contribution in [2.75, 3.05) is 33.9 Å². The summed E-state index contributed by atoms with van der Waals surface area (Å²) in [6, 6.07) is 0.242. The van der Waals surface area contributed by atoms with E-state index in [-0.39, 0.29) is 24.4 Å². The van der Waals surface area contributed by atoms with E-state index in [1.807, 2.05) is 0 Å². The lowest BCUT2D eigenvalue weighted by Crippen LogP contribution is -2.50. The Balaban J connectivity index is 2.01. The number of methoxy groups -OCH3 is 2. The van der Waals surface area contributed by atoms with Gasteiger partial charge < -0.3 is 20.1 Å². The van der Waals surface area contributed by atoms with Gasteiger partial charge in [-0.15, -0.1) is 0 Å². The average molecular weight is 312 g/mol. The molecule has 6 nitrogen and oxygen atoms in total. The summed E-state index contributed by atoms with van der Waals surface area (Å²) in [5.41, 5.74) is 6.29. The largest absolute Gasteiger partial charge is 0.468 e. The fourth-order valence-corrected chi connectivity index (χ4v) is 3.94. The van der Waals surface area contributed by atoms with Gasteiger partial charge in [0, 0.05) is 25.6 Å². The van der Waals surface area contributed by atoms with Crippen molar-refractivity contribution in [2.24, 2.45) is 23.5 Å². The van der Waals surface area contributed by atoms with Gasteiger partial charge >= 0.3 is 5.97 Å². The van der Waals surface area contributed by atoms with Crippen LogP contribution in [0, 0.1) is 17.8 Å². The third-order valence-corrected chi connectivity index (χ3v) is 5.19. The standard InChI is InChI=1S/C16H28N2O4/c1-21-7-6-18(10-14(19)22-2)16(20)13-8-11-4-3-5-12(9-13)15(11)17/h11-13,15H,3-10,17H2,1-2H3. The first-order valence-electron chi connectivity index (χ1n) is 8.17. The van der Waals surface area contributed by atoms with E-state index in [0.29, 0.717) is 25.0 Å². The average Bonchev–Trinajstić information content (AvgIpc) is 2.50. The fraction of sp³-hybridized carbons (Fsp3) is 0.875. The molecule has 0 aliphatic heterocycles. The Morgan fingerprint density at radius 1 is 1.18 bits per heavy atom. The second-order valence-corrected chi connectivity index (χ2v) is 6.53.